The number of hydrogen-bond acceptors (Lipinski definition) is 4. The first kappa shape index (κ1) is 15.1. The van der Waals surface area contributed by atoms with Gasteiger partial charge in [-0.15, -0.1) is 0 Å². The van der Waals surface area contributed by atoms with Crippen LogP contribution in [0.4, 0.5) is 5.82 Å². The Morgan fingerprint density at radius 2 is 2.20 bits per heavy atom. The number of nitrogens with two attached hydrogens (primary N) is 1. The molecule has 5 nitrogen and oxygen atoms in total. The van der Waals surface area contributed by atoms with Crippen LogP contribution in [0.15, 0.2) is 12.1 Å². The maximum atomic E-state index is 12.5. The number of aromatic nitrogens is 1. The minimum absolute atomic E-state index is 0.109. The summed E-state index contributed by atoms with van der Waals surface area (Å²) in [6, 6.07) is 3.29. The average Bonchev–Trinajstić information content (AvgIpc) is 2.48. The lowest BCUT2D eigenvalue weighted by Gasteiger charge is -2.31. The minimum atomic E-state index is -0.109. The molecule has 1 amide bonds. The van der Waals surface area contributed by atoms with E-state index in [1.165, 1.54) is 12.8 Å². The Bertz CT molecular complexity index is 472. The lowest BCUT2D eigenvalue weighted by molar-refractivity contribution is 0.0681. The van der Waals surface area contributed by atoms with E-state index in [1.54, 1.807) is 12.1 Å². The van der Waals surface area contributed by atoms with Crippen molar-refractivity contribution in [2.45, 2.75) is 32.6 Å². The summed E-state index contributed by atoms with van der Waals surface area (Å²) in [5.74, 6) is 6.39. The van der Waals surface area contributed by atoms with Crippen molar-refractivity contribution in [1.29, 1.82) is 0 Å². The highest BCUT2D eigenvalue weighted by Gasteiger charge is 2.25. The maximum Gasteiger partial charge on any atom is 0.274 e. The van der Waals surface area contributed by atoms with E-state index in [1.807, 2.05) is 4.90 Å². The van der Waals surface area contributed by atoms with Crippen molar-refractivity contribution in [3.05, 3.63) is 22.8 Å². The second kappa shape index (κ2) is 6.90. The second-order valence-corrected chi connectivity index (χ2v) is 5.60. The van der Waals surface area contributed by atoms with Gasteiger partial charge in [0.25, 0.3) is 5.91 Å². The van der Waals surface area contributed by atoms with Crippen molar-refractivity contribution < 1.29 is 4.79 Å². The predicted octanol–water partition coefficient (Wildman–Crippen LogP) is 2.67. The molecule has 6 heteroatoms. The number of amides is 1. The molecule has 20 heavy (non-hydrogen) atoms. The first-order chi connectivity index (χ1) is 9.65. The lowest BCUT2D eigenvalue weighted by atomic mass is 9.92. The molecule has 1 saturated heterocycles. The van der Waals surface area contributed by atoms with Crippen LogP contribution in [-0.4, -0.2) is 28.9 Å². The van der Waals surface area contributed by atoms with Crippen LogP contribution in [0.2, 0.25) is 5.02 Å². The van der Waals surface area contributed by atoms with Crippen LogP contribution in [0.1, 0.15) is 43.1 Å². The molecule has 2 rings (SSSR count). The van der Waals surface area contributed by atoms with Gasteiger partial charge < -0.3 is 10.3 Å². The first-order valence-corrected chi connectivity index (χ1v) is 7.46. The zero-order valence-electron chi connectivity index (χ0n) is 11.7. The number of hydrogen-bond donors (Lipinski definition) is 2. The number of nitrogens with zero attached hydrogens (tertiary/aromatic N) is 2. The van der Waals surface area contributed by atoms with E-state index in [4.69, 9.17) is 17.4 Å². The summed E-state index contributed by atoms with van der Waals surface area (Å²) in [4.78, 5) is 18.5. The molecule has 1 fully saturated rings. The Hall–Kier alpha value is -1.33. The summed E-state index contributed by atoms with van der Waals surface area (Å²) >= 11 is 6.07. The van der Waals surface area contributed by atoms with E-state index in [2.05, 4.69) is 17.3 Å². The van der Waals surface area contributed by atoms with Gasteiger partial charge in [0.2, 0.25) is 0 Å². The van der Waals surface area contributed by atoms with Gasteiger partial charge in [-0.25, -0.2) is 10.8 Å². The molecule has 1 aliphatic heterocycles. The van der Waals surface area contributed by atoms with Gasteiger partial charge in [-0.1, -0.05) is 31.4 Å². The number of nitrogen functional groups attached to an aromatic ring is 1. The van der Waals surface area contributed by atoms with Gasteiger partial charge in [-0.05, 0) is 30.9 Å². The van der Waals surface area contributed by atoms with Gasteiger partial charge in [0.15, 0.2) is 0 Å². The van der Waals surface area contributed by atoms with Crippen molar-refractivity contribution in [2.24, 2.45) is 11.8 Å². The zero-order chi connectivity index (χ0) is 14.5. The van der Waals surface area contributed by atoms with Crippen LogP contribution in [0.3, 0.4) is 0 Å². The number of carbonyl (C=O) groups is 1. The third kappa shape index (κ3) is 3.41. The summed E-state index contributed by atoms with van der Waals surface area (Å²) in [6.07, 6.45) is 4.57. The fourth-order valence-corrected chi connectivity index (χ4v) is 2.84. The Balaban J connectivity index is 2.05. The summed E-state index contributed by atoms with van der Waals surface area (Å²) in [5.41, 5.74) is 2.71. The van der Waals surface area contributed by atoms with Crippen LogP contribution < -0.4 is 11.3 Å². The van der Waals surface area contributed by atoms with Crippen LogP contribution in [0, 0.1) is 5.92 Å². The van der Waals surface area contributed by atoms with Crippen molar-refractivity contribution in [1.82, 2.24) is 9.88 Å². The van der Waals surface area contributed by atoms with Crippen LogP contribution in [0.5, 0.6) is 0 Å². The fraction of sp³-hybridized carbons (Fsp3) is 0.571. The van der Waals surface area contributed by atoms with E-state index >= 15 is 0 Å². The standard InChI is InChI=1S/C14H21ClN4O/c1-2-3-10-6-8-19(9-7-10)14(20)13-11(15)4-5-12(17-13)18-16/h4-5,10H,2-3,6-9,16H2,1H3,(H,17,18). The van der Waals surface area contributed by atoms with Crippen molar-refractivity contribution in [3.8, 4) is 0 Å². The molecule has 110 valence electrons. The number of anilines is 1. The third-order valence-electron chi connectivity index (χ3n) is 3.80. The fourth-order valence-electron chi connectivity index (χ4n) is 2.66. The summed E-state index contributed by atoms with van der Waals surface area (Å²) in [6.45, 7) is 3.76. The SMILES string of the molecule is CCCC1CCN(C(=O)c2nc(NN)ccc2Cl)CC1. The molecule has 1 aromatic heterocycles. The highest BCUT2D eigenvalue weighted by Crippen LogP contribution is 2.24. The number of piperidine rings is 1. The van der Waals surface area contributed by atoms with Crippen LogP contribution >= 0.6 is 11.6 Å². The van der Waals surface area contributed by atoms with Gasteiger partial charge in [-0.2, -0.15) is 0 Å². The van der Waals surface area contributed by atoms with Crippen molar-refractivity contribution >= 4 is 23.3 Å². The molecule has 0 bridgehead atoms. The number of pyridine rings is 1. The van der Waals surface area contributed by atoms with Gasteiger partial charge in [0.1, 0.15) is 11.5 Å². The molecule has 0 radical (unpaired) electrons. The number of carbonyl (C=O) groups excluding carboxylic acids is 1. The maximum absolute atomic E-state index is 12.5. The highest BCUT2D eigenvalue weighted by atomic mass is 35.5. The number of rotatable bonds is 4. The second-order valence-electron chi connectivity index (χ2n) is 5.20. The van der Waals surface area contributed by atoms with E-state index in [0.717, 1.165) is 31.8 Å². The molecule has 0 atom stereocenters. The summed E-state index contributed by atoms with van der Waals surface area (Å²) in [7, 11) is 0. The number of hydrazine groups is 1. The van der Waals surface area contributed by atoms with Crippen LogP contribution in [0.25, 0.3) is 0 Å². The van der Waals surface area contributed by atoms with Gasteiger partial charge in [0, 0.05) is 13.1 Å². The third-order valence-corrected chi connectivity index (χ3v) is 4.10. The lowest BCUT2D eigenvalue weighted by Crippen LogP contribution is -2.39. The zero-order valence-corrected chi connectivity index (χ0v) is 12.5. The molecular weight excluding hydrogens is 276 g/mol. The van der Waals surface area contributed by atoms with E-state index < -0.39 is 0 Å². The summed E-state index contributed by atoms with van der Waals surface area (Å²) < 4.78 is 0. The molecule has 0 aromatic carbocycles. The van der Waals surface area contributed by atoms with Gasteiger partial charge in [-0.3, -0.25) is 4.79 Å². The molecule has 0 aliphatic carbocycles. The Morgan fingerprint density at radius 1 is 1.50 bits per heavy atom. The van der Waals surface area contributed by atoms with Gasteiger partial charge >= 0.3 is 0 Å². The molecule has 0 spiro atoms. The first-order valence-electron chi connectivity index (χ1n) is 7.08. The molecule has 1 aromatic rings. The monoisotopic (exact) mass is 296 g/mol. The minimum Gasteiger partial charge on any atom is -0.337 e. The normalized spacial score (nSPS) is 16.2. The van der Waals surface area contributed by atoms with E-state index in [9.17, 15) is 4.79 Å². The largest absolute Gasteiger partial charge is 0.337 e. The number of likely N-dealkylation sites (tertiary alicyclic amines) is 1. The average molecular weight is 297 g/mol. The molecule has 1 aliphatic rings. The predicted molar refractivity (Wildman–Crippen MR) is 80.6 cm³/mol. The smallest absolute Gasteiger partial charge is 0.274 e. The van der Waals surface area contributed by atoms with E-state index in [0.29, 0.717) is 10.8 Å². The molecular formula is C14H21ClN4O. The molecule has 0 saturated carbocycles. The Kier molecular flexibility index (Phi) is 5.20. The molecule has 3 N–H and O–H groups in total. The van der Waals surface area contributed by atoms with Crippen LogP contribution in [-0.2, 0) is 0 Å². The Morgan fingerprint density at radius 3 is 2.80 bits per heavy atom. The number of halogens is 1. The topological polar surface area (TPSA) is 71.2 Å². The number of nitrogens with one attached hydrogen (secondary N) is 1. The Labute approximate surface area is 124 Å². The summed E-state index contributed by atoms with van der Waals surface area (Å²) in [5, 5.41) is 0.365. The van der Waals surface area contributed by atoms with Crippen molar-refractivity contribution in [2.75, 3.05) is 18.5 Å². The van der Waals surface area contributed by atoms with Crippen molar-refractivity contribution in [3.63, 3.8) is 0 Å². The quantitative estimate of drug-likeness (QED) is 0.662. The highest BCUT2D eigenvalue weighted by molar-refractivity contribution is 6.33. The molecule has 2 heterocycles. The van der Waals surface area contributed by atoms with Gasteiger partial charge in [0.05, 0.1) is 5.02 Å². The van der Waals surface area contributed by atoms with E-state index in [-0.39, 0.29) is 11.6 Å². The molecule has 0 unspecified atom stereocenters.